The molecule has 90 valence electrons. The van der Waals surface area contributed by atoms with E-state index in [4.69, 9.17) is 5.73 Å². The van der Waals surface area contributed by atoms with Crippen molar-refractivity contribution in [3.05, 3.63) is 0 Å². The van der Waals surface area contributed by atoms with Crippen LogP contribution in [0.3, 0.4) is 0 Å². The summed E-state index contributed by atoms with van der Waals surface area (Å²) in [6.45, 7) is 0.411. The number of amides is 1. The molecule has 0 saturated heterocycles. The number of alkyl halides is 2. The van der Waals surface area contributed by atoms with Gasteiger partial charge in [0.2, 0.25) is 5.91 Å². The Morgan fingerprint density at radius 3 is 2.40 bits per heavy atom. The number of nitrogens with two attached hydrogens (primary N) is 1. The van der Waals surface area contributed by atoms with Crippen LogP contribution in [-0.4, -0.2) is 24.9 Å². The molecule has 0 atom stereocenters. The predicted octanol–water partition coefficient (Wildman–Crippen LogP) is 1.31. The Morgan fingerprint density at radius 2 is 2.07 bits per heavy atom. The molecule has 6 heteroatoms. The molecule has 1 aliphatic carbocycles. The van der Waals surface area contributed by atoms with Crippen LogP contribution in [0.4, 0.5) is 8.78 Å². The van der Waals surface area contributed by atoms with E-state index in [-0.39, 0.29) is 18.3 Å². The molecule has 0 radical (unpaired) electrons. The van der Waals surface area contributed by atoms with E-state index in [9.17, 15) is 13.6 Å². The van der Waals surface area contributed by atoms with Gasteiger partial charge in [-0.05, 0) is 12.8 Å². The van der Waals surface area contributed by atoms with Crippen molar-refractivity contribution >= 4 is 18.3 Å². The topological polar surface area (TPSA) is 55.1 Å². The first-order chi connectivity index (χ1) is 6.40. The lowest BCUT2D eigenvalue weighted by molar-refractivity contribution is -0.136. The Labute approximate surface area is 94.2 Å². The summed E-state index contributed by atoms with van der Waals surface area (Å²) in [4.78, 5) is 11.4. The van der Waals surface area contributed by atoms with Gasteiger partial charge < -0.3 is 11.1 Å². The summed E-state index contributed by atoms with van der Waals surface area (Å²) in [7, 11) is 0. The van der Waals surface area contributed by atoms with Gasteiger partial charge in [0, 0.05) is 5.41 Å². The first-order valence-corrected chi connectivity index (χ1v) is 4.76. The molecule has 1 fully saturated rings. The molecular formula is C9H17ClF2N2O. The van der Waals surface area contributed by atoms with Gasteiger partial charge in [0.05, 0.1) is 13.1 Å². The first-order valence-electron chi connectivity index (χ1n) is 4.76. The normalized spacial score (nSPS) is 18.7. The number of carbonyl (C=O) groups is 1. The van der Waals surface area contributed by atoms with Crippen LogP contribution in [-0.2, 0) is 4.79 Å². The molecule has 15 heavy (non-hydrogen) atoms. The van der Waals surface area contributed by atoms with Crippen molar-refractivity contribution in [2.45, 2.75) is 32.1 Å². The molecule has 0 heterocycles. The molecule has 1 amide bonds. The molecular weight excluding hydrogens is 226 g/mol. The minimum absolute atomic E-state index is 0. The van der Waals surface area contributed by atoms with Crippen molar-refractivity contribution in [2.75, 3.05) is 13.1 Å². The molecule has 0 bridgehead atoms. The molecule has 1 rings (SSSR count). The lowest BCUT2D eigenvalue weighted by Crippen LogP contribution is -2.48. The summed E-state index contributed by atoms with van der Waals surface area (Å²) < 4.78 is 25.4. The lowest BCUT2D eigenvalue weighted by Gasteiger charge is -2.36. The fourth-order valence-electron chi connectivity index (χ4n) is 1.43. The highest BCUT2D eigenvalue weighted by Gasteiger charge is 2.40. The zero-order chi connectivity index (χ0) is 10.8. The van der Waals surface area contributed by atoms with Crippen LogP contribution in [0.2, 0.25) is 0 Å². The number of rotatable bonds is 4. The quantitative estimate of drug-likeness (QED) is 0.781. The molecule has 1 saturated carbocycles. The predicted molar refractivity (Wildman–Crippen MR) is 56.2 cm³/mol. The van der Waals surface area contributed by atoms with E-state index >= 15 is 0 Å². The van der Waals surface area contributed by atoms with Crippen LogP contribution >= 0.6 is 12.4 Å². The summed E-state index contributed by atoms with van der Waals surface area (Å²) in [5, 5.41) is 2.25. The zero-order valence-electron chi connectivity index (χ0n) is 8.69. The SMILES string of the molecule is CC1(C(=O)NCC(F)(F)CN)CCC1.Cl. The summed E-state index contributed by atoms with van der Waals surface area (Å²) in [6.07, 6.45) is 2.57. The van der Waals surface area contributed by atoms with E-state index < -0.39 is 24.4 Å². The zero-order valence-corrected chi connectivity index (χ0v) is 9.50. The second-order valence-corrected chi connectivity index (χ2v) is 4.16. The first kappa shape index (κ1) is 14.6. The van der Waals surface area contributed by atoms with E-state index in [2.05, 4.69) is 5.32 Å². The van der Waals surface area contributed by atoms with E-state index in [1.165, 1.54) is 0 Å². The Morgan fingerprint density at radius 1 is 1.53 bits per heavy atom. The third-order valence-electron chi connectivity index (χ3n) is 2.81. The van der Waals surface area contributed by atoms with Crippen molar-refractivity contribution < 1.29 is 13.6 Å². The third kappa shape index (κ3) is 3.57. The fraction of sp³-hybridized carbons (Fsp3) is 0.889. The monoisotopic (exact) mass is 242 g/mol. The molecule has 0 aliphatic heterocycles. The van der Waals surface area contributed by atoms with Gasteiger partial charge >= 0.3 is 0 Å². The third-order valence-corrected chi connectivity index (χ3v) is 2.81. The second-order valence-electron chi connectivity index (χ2n) is 4.16. The van der Waals surface area contributed by atoms with E-state index in [1.807, 2.05) is 0 Å². The average molecular weight is 243 g/mol. The number of hydrogen-bond donors (Lipinski definition) is 2. The lowest BCUT2D eigenvalue weighted by atomic mass is 9.70. The Hall–Kier alpha value is -0.420. The van der Waals surface area contributed by atoms with Gasteiger partial charge in [-0.25, -0.2) is 8.78 Å². The van der Waals surface area contributed by atoms with Gasteiger partial charge in [-0.15, -0.1) is 12.4 Å². The minimum atomic E-state index is -2.99. The van der Waals surface area contributed by atoms with Crippen molar-refractivity contribution in [1.29, 1.82) is 0 Å². The number of hydrogen-bond acceptors (Lipinski definition) is 2. The smallest absolute Gasteiger partial charge is 0.277 e. The Balaban J connectivity index is 0.00000196. The maximum Gasteiger partial charge on any atom is 0.277 e. The van der Waals surface area contributed by atoms with Gasteiger partial charge in [-0.1, -0.05) is 13.3 Å². The van der Waals surface area contributed by atoms with Gasteiger partial charge in [0.25, 0.3) is 5.92 Å². The van der Waals surface area contributed by atoms with Crippen LogP contribution in [0.15, 0.2) is 0 Å². The van der Waals surface area contributed by atoms with Crippen LogP contribution in [0.25, 0.3) is 0 Å². The second kappa shape index (κ2) is 5.07. The van der Waals surface area contributed by atoms with Crippen LogP contribution in [0, 0.1) is 5.41 Å². The summed E-state index contributed by atoms with van der Waals surface area (Å²) in [5.41, 5.74) is 4.42. The molecule has 0 aromatic rings. The fourth-order valence-corrected chi connectivity index (χ4v) is 1.43. The highest BCUT2D eigenvalue weighted by atomic mass is 35.5. The minimum Gasteiger partial charge on any atom is -0.350 e. The number of nitrogens with one attached hydrogen (secondary N) is 1. The standard InChI is InChI=1S/C9H16F2N2O.ClH/c1-8(3-2-4-8)7(14)13-6-9(10,11)5-12;/h2-6,12H2,1H3,(H,13,14);1H. The van der Waals surface area contributed by atoms with E-state index in [0.29, 0.717) is 0 Å². The maximum atomic E-state index is 12.7. The van der Waals surface area contributed by atoms with Gasteiger partial charge in [0.15, 0.2) is 0 Å². The molecule has 1 aliphatic rings. The largest absolute Gasteiger partial charge is 0.350 e. The van der Waals surface area contributed by atoms with Crippen molar-refractivity contribution in [3.8, 4) is 0 Å². The molecule has 0 spiro atoms. The van der Waals surface area contributed by atoms with Crippen LogP contribution < -0.4 is 11.1 Å². The van der Waals surface area contributed by atoms with Crippen molar-refractivity contribution in [1.82, 2.24) is 5.32 Å². The molecule has 3 N–H and O–H groups in total. The van der Waals surface area contributed by atoms with Crippen molar-refractivity contribution in [2.24, 2.45) is 11.1 Å². The maximum absolute atomic E-state index is 12.7. The summed E-state index contributed by atoms with van der Waals surface area (Å²) in [6, 6.07) is 0. The molecule has 0 unspecified atom stereocenters. The Bertz CT molecular complexity index is 232. The highest BCUT2D eigenvalue weighted by molar-refractivity contribution is 5.85. The Kier molecular flexibility index (Phi) is 4.93. The van der Waals surface area contributed by atoms with E-state index in [0.717, 1.165) is 19.3 Å². The van der Waals surface area contributed by atoms with E-state index in [1.54, 1.807) is 6.92 Å². The summed E-state index contributed by atoms with van der Waals surface area (Å²) >= 11 is 0. The highest BCUT2D eigenvalue weighted by Crippen LogP contribution is 2.40. The molecule has 0 aromatic heterocycles. The molecule has 0 aromatic carbocycles. The van der Waals surface area contributed by atoms with Crippen LogP contribution in [0.5, 0.6) is 0 Å². The average Bonchev–Trinajstić information content (AvgIpc) is 2.10. The van der Waals surface area contributed by atoms with Gasteiger partial charge in [-0.3, -0.25) is 4.79 Å². The van der Waals surface area contributed by atoms with Crippen molar-refractivity contribution in [3.63, 3.8) is 0 Å². The summed E-state index contributed by atoms with van der Waals surface area (Å²) in [5.74, 6) is -3.27. The van der Waals surface area contributed by atoms with Crippen LogP contribution in [0.1, 0.15) is 26.2 Å². The number of carbonyl (C=O) groups excluding carboxylic acids is 1. The van der Waals surface area contributed by atoms with Gasteiger partial charge in [0.1, 0.15) is 0 Å². The van der Waals surface area contributed by atoms with Gasteiger partial charge in [-0.2, -0.15) is 0 Å². The molecule has 3 nitrogen and oxygen atoms in total. The number of halogens is 3.